The summed E-state index contributed by atoms with van der Waals surface area (Å²) in [6, 6.07) is 5.94. The van der Waals surface area contributed by atoms with Crippen molar-refractivity contribution in [2.45, 2.75) is 70.4 Å². The number of aliphatic carboxylic acids is 1. The number of amides is 2. The van der Waals surface area contributed by atoms with Gasteiger partial charge in [-0.3, -0.25) is 14.4 Å². The second-order valence-corrected chi connectivity index (χ2v) is 8.05. The van der Waals surface area contributed by atoms with Gasteiger partial charge in [0.1, 0.15) is 0 Å². The Balaban J connectivity index is 1.74. The van der Waals surface area contributed by atoms with Crippen molar-refractivity contribution in [2.75, 3.05) is 6.54 Å². The second kappa shape index (κ2) is 13.3. The maximum atomic E-state index is 12.3. The van der Waals surface area contributed by atoms with E-state index < -0.39 is 17.9 Å². The number of nitrogens with one attached hydrogen (secondary N) is 2. The van der Waals surface area contributed by atoms with E-state index in [1.807, 2.05) is 0 Å². The van der Waals surface area contributed by atoms with Crippen molar-refractivity contribution in [3.8, 4) is 0 Å². The minimum absolute atomic E-state index is 0.0344. The minimum atomic E-state index is -1.09. The highest BCUT2D eigenvalue weighted by atomic mass is 16.4. The fraction of sp³-hybridized carbons (Fsp3) is 0.591. The van der Waals surface area contributed by atoms with Crippen LogP contribution in [0.15, 0.2) is 29.4 Å². The molecule has 9 heteroatoms. The van der Waals surface area contributed by atoms with Crippen LogP contribution in [0.3, 0.4) is 0 Å². The highest BCUT2D eigenvalue weighted by Crippen LogP contribution is 2.27. The molecule has 168 valence electrons. The predicted octanol–water partition coefficient (Wildman–Crippen LogP) is 3.94. The smallest absolute Gasteiger partial charge is 0.305 e. The van der Waals surface area contributed by atoms with E-state index in [0.29, 0.717) is 18.5 Å². The van der Waals surface area contributed by atoms with E-state index in [9.17, 15) is 14.4 Å². The Hall–Kier alpha value is -3.06. The maximum absolute atomic E-state index is 12.3. The first-order chi connectivity index (χ1) is 15.0. The monoisotopic (exact) mass is 429 g/mol. The molecule has 0 saturated heterocycles. The van der Waals surface area contributed by atoms with Gasteiger partial charge in [-0.1, -0.05) is 49.4 Å². The molecule has 1 aromatic carbocycles. The number of carboxylic acid groups (broad SMARTS) is 1. The number of carbonyl (C=O) groups is 3. The van der Waals surface area contributed by atoms with Gasteiger partial charge in [0.15, 0.2) is 0 Å². The van der Waals surface area contributed by atoms with E-state index >= 15 is 0 Å². The number of nitrogens with zero attached hydrogens (tertiary/aromatic N) is 3. The van der Waals surface area contributed by atoms with Crippen LogP contribution in [0.1, 0.15) is 73.7 Å². The fourth-order valence-electron chi connectivity index (χ4n) is 3.87. The number of carbonyl (C=O) groups excluding carboxylic acids is 2. The lowest BCUT2D eigenvalue weighted by molar-refractivity contribution is -0.137. The average molecular weight is 430 g/mol. The lowest BCUT2D eigenvalue weighted by Gasteiger charge is -2.21. The van der Waals surface area contributed by atoms with Gasteiger partial charge < -0.3 is 15.7 Å². The molecule has 31 heavy (non-hydrogen) atoms. The van der Waals surface area contributed by atoms with Crippen LogP contribution in [0.25, 0.3) is 10.4 Å². The van der Waals surface area contributed by atoms with E-state index in [0.717, 1.165) is 24.3 Å². The van der Waals surface area contributed by atoms with Gasteiger partial charge in [0.25, 0.3) is 5.91 Å². The minimum Gasteiger partial charge on any atom is -0.481 e. The molecule has 0 bridgehead atoms. The molecule has 1 aliphatic rings. The van der Waals surface area contributed by atoms with Gasteiger partial charge in [-0.25, -0.2) is 0 Å². The highest BCUT2D eigenvalue weighted by molar-refractivity contribution is 5.94. The number of rotatable bonds is 12. The molecule has 1 aromatic rings. The Bertz CT molecular complexity index is 780. The topological polar surface area (TPSA) is 144 Å². The zero-order valence-electron chi connectivity index (χ0n) is 17.8. The van der Waals surface area contributed by atoms with Gasteiger partial charge >= 0.3 is 5.97 Å². The zero-order valence-corrected chi connectivity index (χ0v) is 17.8. The van der Waals surface area contributed by atoms with Gasteiger partial charge in [-0.15, -0.1) is 0 Å². The standard InChI is InChI=1S/C22H31N5O4/c23-27-25-15-19(13-21(29)30)26-22(31)18-11-9-17(10-12-18)14-24-20(28)8-4-7-16-5-2-1-3-6-16/h9-12,16,19H,1-8,13-15H2,(H,24,28)(H,26,31)(H,29,30)/t19-/m0/s1. The van der Waals surface area contributed by atoms with Crippen molar-refractivity contribution in [3.05, 3.63) is 45.8 Å². The van der Waals surface area contributed by atoms with Crippen molar-refractivity contribution in [3.63, 3.8) is 0 Å². The SMILES string of the molecule is [N-]=[N+]=NC[C@H](CC(=O)O)NC(=O)c1ccc(CNC(=O)CCCC2CCCCC2)cc1. The first kappa shape index (κ1) is 24.2. The number of hydrogen-bond acceptors (Lipinski definition) is 4. The van der Waals surface area contributed by atoms with Crippen molar-refractivity contribution in [1.29, 1.82) is 0 Å². The van der Waals surface area contributed by atoms with Crippen LogP contribution < -0.4 is 10.6 Å². The van der Waals surface area contributed by atoms with Gasteiger partial charge in [0.2, 0.25) is 5.91 Å². The van der Waals surface area contributed by atoms with E-state index in [1.54, 1.807) is 24.3 Å². The Morgan fingerprint density at radius 2 is 1.87 bits per heavy atom. The summed E-state index contributed by atoms with van der Waals surface area (Å²) in [5.74, 6) is -0.727. The van der Waals surface area contributed by atoms with E-state index in [4.69, 9.17) is 10.6 Å². The summed E-state index contributed by atoms with van der Waals surface area (Å²) in [5.41, 5.74) is 9.63. The molecule has 0 heterocycles. The van der Waals surface area contributed by atoms with E-state index in [2.05, 4.69) is 20.7 Å². The average Bonchev–Trinajstić information content (AvgIpc) is 2.76. The van der Waals surface area contributed by atoms with Crippen molar-refractivity contribution >= 4 is 17.8 Å². The molecule has 3 N–H and O–H groups in total. The molecule has 9 nitrogen and oxygen atoms in total. The zero-order chi connectivity index (χ0) is 22.5. The highest BCUT2D eigenvalue weighted by Gasteiger charge is 2.17. The molecule has 1 saturated carbocycles. The Morgan fingerprint density at radius 3 is 2.52 bits per heavy atom. The largest absolute Gasteiger partial charge is 0.481 e. The van der Waals surface area contributed by atoms with Crippen molar-refractivity contribution in [2.24, 2.45) is 11.0 Å². The summed E-state index contributed by atoms with van der Waals surface area (Å²) in [5, 5.41) is 17.7. The van der Waals surface area contributed by atoms with Crippen LogP contribution in [0.5, 0.6) is 0 Å². The Kier molecular flexibility index (Phi) is 10.4. The quantitative estimate of drug-likeness (QED) is 0.262. The number of azide groups is 1. The van der Waals surface area contributed by atoms with Gasteiger partial charge in [-0.05, 0) is 42.0 Å². The molecule has 0 unspecified atom stereocenters. The van der Waals surface area contributed by atoms with Crippen LogP contribution in [0.2, 0.25) is 0 Å². The molecule has 0 radical (unpaired) electrons. The van der Waals surface area contributed by atoms with E-state index in [1.165, 1.54) is 32.1 Å². The molecule has 2 rings (SSSR count). The van der Waals surface area contributed by atoms with Crippen LogP contribution >= 0.6 is 0 Å². The number of carboxylic acids is 1. The molecule has 0 aliphatic heterocycles. The van der Waals surface area contributed by atoms with Gasteiger partial charge in [-0.2, -0.15) is 0 Å². The van der Waals surface area contributed by atoms with Crippen LogP contribution in [-0.2, 0) is 16.1 Å². The summed E-state index contributed by atoms with van der Waals surface area (Å²) in [6.45, 7) is 0.252. The normalized spacial score (nSPS) is 14.8. The lowest BCUT2D eigenvalue weighted by atomic mass is 9.86. The molecule has 2 amide bonds. The number of benzene rings is 1. The molecule has 1 aliphatic carbocycles. The maximum Gasteiger partial charge on any atom is 0.305 e. The molecule has 0 aromatic heterocycles. The summed E-state index contributed by atoms with van der Waals surface area (Å²) >= 11 is 0. The van der Waals surface area contributed by atoms with Gasteiger partial charge in [0, 0.05) is 36.0 Å². The summed E-state index contributed by atoms with van der Waals surface area (Å²) in [6.07, 6.45) is 8.81. The van der Waals surface area contributed by atoms with Crippen molar-refractivity contribution in [1.82, 2.24) is 10.6 Å². The number of hydrogen-bond donors (Lipinski definition) is 3. The summed E-state index contributed by atoms with van der Waals surface area (Å²) in [7, 11) is 0. The second-order valence-electron chi connectivity index (χ2n) is 8.05. The molecule has 0 spiro atoms. The third-order valence-electron chi connectivity index (χ3n) is 5.57. The molecular weight excluding hydrogens is 398 g/mol. The first-order valence-electron chi connectivity index (χ1n) is 10.9. The molecule has 1 fully saturated rings. The fourth-order valence-corrected chi connectivity index (χ4v) is 3.87. The molecule has 1 atom stereocenters. The summed E-state index contributed by atoms with van der Waals surface area (Å²) in [4.78, 5) is 37.9. The molecular formula is C22H31N5O4. The third-order valence-corrected chi connectivity index (χ3v) is 5.57. The predicted molar refractivity (Wildman–Crippen MR) is 116 cm³/mol. The third kappa shape index (κ3) is 9.53. The van der Waals surface area contributed by atoms with Gasteiger partial charge in [0.05, 0.1) is 6.42 Å². The van der Waals surface area contributed by atoms with Crippen LogP contribution in [-0.4, -0.2) is 35.5 Å². The Labute approximate surface area is 182 Å². The van der Waals surface area contributed by atoms with Crippen LogP contribution in [0, 0.1) is 5.92 Å². The van der Waals surface area contributed by atoms with E-state index in [-0.39, 0.29) is 18.9 Å². The van der Waals surface area contributed by atoms with Crippen LogP contribution in [0.4, 0.5) is 0 Å². The van der Waals surface area contributed by atoms with Crippen molar-refractivity contribution < 1.29 is 19.5 Å². The summed E-state index contributed by atoms with van der Waals surface area (Å²) < 4.78 is 0. The first-order valence-corrected chi connectivity index (χ1v) is 10.9. The Morgan fingerprint density at radius 1 is 1.16 bits per heavy atom. The lowest BCUT2D eigenvalue weighted by Crippen LogP contribution is -2.38.